The molecule has 2 aromatic heterocycles. The van der Waals surface area contributed by atoms with Crippen LogP contribution in [-0.4, -0.2) is 75.2 Å². The summed E-state index contributed by atoms with van der Waals surface area (Å²) in [5.41, 5.74) is 1.41. The van der Waals surface area contributed by atoms with E-state index < -0.39 is 11.7 Å². The van der Waals surface area contributed by atoms with E-state index in [1.807, 2.05) is 6.07 Å². The number of Topliss-reactive ketones (excluding diaryl/α,β-unsaturated/α-hetero) is 1. The fourth-order valence-electron chi connectivity index (χ4n) is 3.62. The predicted octanol–water partition coefficient (Wildman–Crippen LogP) is 0.977. The third kappa shape index (κ3) is 4.34. The first-order valence-electron chi connectivity index (χ1n) is 10.2. The number of nitrogens with one attached hydrogen (secondary N) is 1. The van der Waals surface area contributed by atoms with E-state index in [2.05, 4.69) is 26.7 Å². The predicted molar refractivity (Wildman–Crippen MR) is 123 cm³/mol. The molecule has 0 unspecified atom stereocenters. The summed E-state index contributed by atoms with van der Waals surface area (Å²) in [7, 11) is 0. The Morgan fingerprint density at radius 3 is 2.48 bits per heavy atom. The largest absolute Gasteiger partial charge is 0.356 e. The van der Waals surface area contributed by atoms with Gasteiger partial charge in [-0.15, -0.1) is 0 Å². The molecule has 0 radical (unpaired) electrons. The summed E-state index contributed by atoms with van der Waals surface area (Å²) in [5, 5.41) is 1.20. The van der Waals surface area contributed by atoms with Crippen molar-refractivity contribution in [3.05, 3.63) is 66.4 Å². The van der Waals surface area contributed by atoms with Crippen LogP contribution in [0.3, 0.4) is 0 Å². The number of hydrogen-bond acceptors (Lipinski definition) is 8. The van der Waals surface area contributed by atoms with Gasteiger partial charge in [0.1, 0.15) is 17.4 Å². The topological polar surface area (TPSA) is 141 Å². The van der Waals surface area contributed by atoms with Gasteiger partial charge in [0.2, 0.25) is 0 Å². The number of carbonyl (C=O) groups is 3. The maximum absolute atomic E-state index is 13.0. The first-order valence-corrected chi connectivity index (χ1v) is 10.2. The van der Waals surface area contributed by atoms with E-state index in [4.69, 9.17) is 5.84 Å². The van der Waals surface area contributed by atoms with Gasteiger partial charge < -0.3 is 14.8 Å². The number of carbonyl (C=O) groups excluding carboxylic acids is 3. The lowest BCUT2D eigenvalue weighted by Gasteiger charge is -2.34. The summed E-state index contributed by atoms with van der Waals surface area (Å²) in [6.07, 6.45) is 5.50. The monoisotopic (exact) mass is 446 g/mol. The molecule has 0 aliphatic carbocycles. The Bertz CT molecular complexity index is 1230. The number of aliphatic imine (C=N–C) groups is 1. The molecular weight excluding hydrogens is 424 g/mol. The van der Waals surface area contributed by atoms with E-state index in [0.29, 0.717) is 30.0 Å². The standard InChI is InChI=1S/C22H22N8O3/c1-24-7-8-30(23)20-18-17(26-14-27-20)16(13-25-18)19(31)22(33)29-11-9-28(10-12-29)21(32)15-5-3-2-4-6-15/h2-8,13-14,25H,1,9-12,23H2/b8-7-. The maximum atomic E-state index is 13.0. The molecule has 1 saturated heterocycles. The summed E-state index contributed by atoms with van der Waals surface area (Å²) >= 11 is 0. The molecule has 11 nitrogen and oxygen atoms in total. The van der Waals surface area contributed by atoms with Crippen LogP contribution in [0.4, 0.5) is 5.82 Å². The number of amides is 2. The van der Waals surface area contributed by atoms with Gasteiger partial charge in [-0.25, -0.2) is 15.8 Å². The zero-order valence-corrected chi connectivity index (χ0v) is 17.7. The minimum atomic E-state index is -0.694. The summed E-state index contributed by atoms with van der Waals surface area (Å²) in [6.45, 7) is 4.56. The van der Waals surface area contributed by atoms with Crippen LogP contribution in [0.1, 0.15) is 20.7 Å². The quantitative estimate of drug-likeness (QED) is 0.189. The number of aromatic amines is 1. The summed E-state index contributed by atoms with van der Waals surface area (Å²) in [4.78, 5) is 56.4. The third-order valence-corrected chi connectivity index (χ3v) is 5.33. The number of ketones is 1. The lowest BCUT2D eigenvalue weighted by Crippen LogP contribution is -2.52. The van der Waals surface area contributed by atoms with Crippen molar-refractivity contribution in [2.45, 2.75) is 0 Å². The van der Waals surface area contributed by atoms with Crippen molar-refractivity contribution in [3.63, 3.8) is 0 Å². The van der Waals surface area contributed by atoms with Gasteiger partial charge in [-0.1, -0.05) is 18.2 Å². The molecule has 2 amide bonds. The SMILES string of the molecule is C=N/C=C\N(N)c1ncnc2c(C(=O)C(=O)N3CCN(C(=O)c4ccccc4)CC3)c[nH]c12. The molecule has 0 spiro atoms. The van der Waals surface area contributed by atoms with Crippen molar-refractivity contribution >= 4 is 41.2 Å². The molecule has 3 heterocycles. The number of hydrazine groups is 1. The number of hydrogen-bond donors (Lipinski definition) is 2. The van der Waals surface area contributed by atoms with Crippen molar-refractivity contribution in [3.8, 4) is 0 Å². The Hall–Kier alpha value is -4.38. The van der Waals surface area contributed by atoms with Crippen LogP contribution in [-0.2, 0) is 4.79 Å². The van der Waals surface area contributed by atoms with Gasteiger partial charge in [-0.2, -0.15) is 0 Å². The van der Waals surface area contributed by atoms with Gasteiger partial charge in [0.05, 0.1) is 5.56 Å². The van der Waals surface area contributed by atoms with Crippen LogP contribution in [0, 0.1) is 0 Å². The smallest absolute Gasteiger partial charge is 0.295 e. The second-order valence-corrected chi connectivity index (χ2v) is 7.29. The molecule has 0 bridgehead atoms. The molecule has 3 N–H and O–H groups in total. The van der Waals surface area contributed by atoms with Crippen molar-refractivity contribution in [1.82, 2.24) is 24.8 Å². The molecule has 1 aromatic carbocycles. The Labute approximate surface area is 189 Å². The summed E-state index contributed by atoms with van der Waals surface area (Å²) in [5.74, 6) is 4.81. The first kappa shape index (κ1) is 21.8. The van der Waals surface area contributed by atoms with Crippen molar-refractivity contribution in [2.24, 2.45) is 10.8 Å². The van der Waals surface area contributed by atoms with E-state index in [-0.39, 0.29) is 30.1 Å². The zero-order chi connectivity index (χ0) is 23.4. The third-order valence-electron chi connectivity index (χ3n) is 5.33. The highest BCUT2D eigenvalue weighted by Crippen LogP contribution is 2.24. The van der Waals surface area contributed by atoms with Crippen LogP contribution in [0.25, 0.3) is 11.0 Å². The number of nitrogens with two attached hydrogens (primary N) is 1. The molecule has 4 rings (SSSR count). The van der Waals surface area contributed by atoms with Crippen LogP contribution in [0.2, 0.25) is 0 Å². The van der Waals surface area contributed by atoms with Gasteiger partial charge in [-0.3, -0.25) is 24.4 Å². The molecule has 0 saturated carbocycles. The fraction of sp³-hybridized carbons (Fsp3) is 0.182. The number of anilines is 1. The number of rotatable bonds is 6. The number of nitrogens with zero attached hydrogens (tertiary/aromatic N) is 6. The van der Waals surface area contributed by atoms with E-state index in [1.54, 1.807) is 29.2 Å². The number of aromatic nitrogens is 3. The minimum Gasteiger partial charge on any atom is -0.356 e. The number of benzene rings is 1. The van der Waals surface area contributed by atoms with Crippen LogP contribution < -0.4 is 10.9 Å². The first-order chi connectivity index (χ1) is 16.0. The molecule has 3 aromatic rings. The van der Waals surface area contributed by atoms with Gasteiger partial charge in [0.15, 0.2) is 5.82 Å². The van der Waals surface area contributed by atoms with E-state index in [0.717, 1.165) is 0 Å². The van der Waals surface area contributed by atoms with Gasteiger partial charge in [0, 0.05) is 50.3 Å². The molecule has 1 aliphatic rings. The highest BCUT2D eigenvalue weighted by atomic mass is 16.2. The Balaban J connectivity index is 1.47. The number of fused-ring (bicyclic) bond motifs is 1. The Morgan fingerprint density at radius 2 is 1.79 bits per heavy atom. The highest BCUT2D eigenvalue weighted by molar-refractivity contribution is 6.44. The zero-order valence-electron chi connectivity index (χ0n) is 17.7. The van der Waals surface area contributed by atoms with E-state index in [1.165, 1.54) is 34.8 Å². The van der Waals surface area contributed by atoms with Crippen molar-refractivity contribution in [1.29, 1.82) is 0 Å². The van der Waals surface area contributed by atoms with Gasteiger partial charge in [0.25, 0.3) is 17.6 Å². The number of H-pyrrole nitrogens is 1. The minimum absolute atomic E-state index is 0.0954. The van der Waals surface area contributed by atoms with E-state index >= 15 is 0 Å². The Morgan fingerprint density at radius 1 is 1.09 bits per heavy atom. The molecule has 33 heavy (non-hydrogen) atoms. The second kappa shape index (κ2) is 9.40. The lowest BCUT2D eigenvalue weighted by atomic mass is 10.1. The molecule has 1 aliphatic heterocycles. The van der Waals surface area contributed by atoms with Crippen LogP contribution in [0.5, 0.6) is 0 Å². The summed E-state index contributed by atoms with van der Waals surface area (Å²) in [6, 6.07) is 8.96. The molecule has 168 valence electrons. The molecular formula is C22H22N8O3. The van der Waals surface area contributed by atoms with Crippen LogP contribution in [0.15, 0.2) is 60.2 Å². The lowest BCUT2D eigenvalue weighted by molar-refractivity contribution is -0.127. The normalized spacial score (nSPS) is 14.0. The van der Waals surface area contributed by atoms with E-state index in [9.17, 15) is 14.4 Å². The van der Waals surface area contributed by atoms with Crippen molar-refractivity contribution in [2.75, 3.05) is 31.2 Å². The average molecular weight is 446 g/mol. The second-order valence-electron chi connectivity index (χ2n) is 7.29. The Kier molecular flexibility index (Phi) is 6.22. The molecule has 11 heteroatoms. The molecule has 0 atom stereocenters. The fourth-order valence-corrected chi connectivity index (χ4v) is 3.62. The van der Waals surface area contributed by atoms with Gasteiger partial charge in [-0.05, 0) is 18.9 Å². The van der Waals surface area contributed by atoms with Crippen molar-refractivity contribution < 1.29 is 14.4 Å². The van der Waals surface area contributed by atoms with Crippen LogP contribution >= 0.6 is 0 Å². The number of piperazine rings is 1. The maximum Gasteiger partial charge on any atom is 0.295 e. The molecule has 1 fully saturated rings. The highest BCUT2D eigenvalue weighted by Gasteiger charge is 2.30. The average Bonchev–Trinajstić information content (AvgIpc) is 3.31. The summed E-state index contributed by atoms with van der Waals surface area (Å²) < 4.78 is 0. The van der Waals surface area contributed by atoms with Gasteiger partial charge >= 0.3 is 0 Å².